The number of anilines is 1. The molecule has 7 heteroatoms. The first-order valence-corrected chi connectivity index (χ1v) is 7.48. The van der Waals surface area contributed by atoms with Gasteiger partial charge in [-0.3, -0.25) is 14.9 Å². The Labute approximate surface area is 132 Å². The number of rotatable bonds is 5. The molecule has 23 heavy (non-hydrogen) atoms. The van der Waals surface area contributed by atoms with Crippen LogP contribution >= 0.6 is 0 Å². The van der Waals surface area contributed by atoms with E-state index in [4.69, 9.17) is 0 Å². The van der Waals surface area contributed by atoms with E-state index in [2.05, 4.69) is 0 Å². The van der Waals surface area contributed by atoms with Gasteiger partial charge in [-0.05, 0) is 18.9 Å². The molecule has 0 aliphatic heterocycles. The number of aliphatic hydroxyl groups excluding tert-OH is 1. The van der Waals surface area contributed by atoms with Crippen molar-refractivity contribution in [3.05, 3.63) is 44.7 Å². The van der Waals surface area contributed by atoms with Crippen molar-refractivity contribution in [2.24, 2.45) is 12.5 Å². The summed E-state index contributed by atoms with van der Waals surface area (Å²) in [6.07, 6.45) is 1.79. The normalized spacial score (nSPS) is 15.6. The van der Waals surface area contributed by atoms with Gasteiger partial charge in [-0.25, -0.2) is 0 Å². The Morgan fingerprint density at radius 1 is 1.39 bits per heavy atom. The maximum atomic E-state index is 12.4. The predicted octanol–water partition coefficient (Wildman–Crippen LogP) is 1.66. The van der Waals surface area contributed by atoms with Crippen molar-refractivity contribution >= 4 is 22.3 Å². The summed E-state index contributed by atoms with van der Waals surface area (Å²) in [7, 11) is 3.28. The number of pyridine rings is 1. The van der Waals surface area contributed by atoms with E-state index in [1.54, 1.807) is 36.2 Å². The molecule has 0 saturated heterocycles. The van der Waals surface area contributed by atoms with Crippen LogP contribution < -0.4 is 10.5 Å². The molecular formula is C16H19N3O4. The first-order chi connectivity index (χ1) is 10.9. The van der Waals surface area contributed by atoms with Gasteiger partial charge in [0.25, 0.3) is 0 Å². The molecule has 0 amide bonds. The van der Waals surface area contributed by atoms with Crippen molar-refractivity contribution in [1.82, 2.24) is 4.57 Å². The smallest absolute Gasteiger partial charge is 0.357 e. The van der Waals surface area contributed by atoms with Crippen LogP contribution in [-0.4, -0.2) is 34.8 Å². The molecule has 3 rings (SSSR count). The number of aliphatic hydroxyl groups is 1. The summed E-state index contributed by atoms with van der Waals surface area (Å²) < 4.78 is 1.31. The Balaban J connectivity index is 2.25. The van der Waals surface area contributed by atoms with Crippen LogP contribution in [0.2, 0.25) is 0 Å². The van der Waals surface area contributed by atoms with E-state index < -0.39 is 16.2 Å². The number of benzene rings is 1. The fraction of sp³-hybridized carbons (Fsp3) is 0.438. The largest absolute Gasteiger partial charge is 0.396 e. The second-order valence-electron chi connectivity index (χ2n) is 6.35. The minimum Gasteiger partial charge on any atom is -0.396 e. The van der Waals surface area contributed by atoms with Gasteiger partial charge in [0.15, 0.2) is 0 Å². The average molecular weight is 317 g/mol. The highest BCUT2D eigenvalue weighted by Crippen LogP contribution is 2.47. The molecule has 1 N–H and O–H groups in total. The van der Waals surface area contributed by atoms with E-state index in [0.29, 0.717) is 23.1 Å². The van der Waals surface area contributed by atoms with Crippen molar-refractivity contribution in [2.75, 3.05) is 25.1 Å². The Bertz CT molecular complexity index is 839. The maximum absolute atomic E-state index is 12.4. The Morgan fingerprint density at radius 3 is 2.61 bits per heavy atom. The lowest BCUT2D eigenvalue weighted by Crippen LogP contribution is -2.32. The molecule has 0 bridgehead atoms. The van der Waals surface area contributed by atoms with Gasteiger partial charge >= 0.3 is 11.2 Å². The fourth-order valence-electron chi connectivity index (χ4n) is 3.14. The minimum absolute atomic E-state index is 0.0495. The van der Waals surface area contributed by atoms with E-state index in [1.165, 1.54) is 11.6 Å². The lowest BCUT2D eigenvalue weighted by Gasteiger charge is -2.25. The Hall–Kier alpha value is -2.41. The van der Waals surface area contributed by atoms with Crippen LogP contribution in [0.25, 0.3) is 10.9 Å². The summed E-state index contributed by atoms with van der Waals surface area (Å²) in [6.45, 7) is 0.537. The van der Waals surface area contributed by atoms with E-state index in [9.17, 15) is 20.0 Å². The number of fused-ring (bicyclic) bond motifs is 1. The third-order valence-electron chi connectivity index (χ3n) is 4.68. The first-order valence-electron chi connectivity index (χ1n) is 7.48. The quantitative estimate of drug-likeness (QED) is 0.669. The highest BCUT2D eigenvalue weighted by molar-refractivity contribution is 5.96. The van der Waals surface area contributed by atoms with Gasteiger partial charge in [0.1, 0.15) is 5.69 Å². The first kappa shape index (κ1) is 15.5. The molecule has 1 saturated carbocycles. The lowest BCUT2D eigenvalue weighted by molar-refractivity contribution is -0.385. The van der Waals surface area contributed by atoms with Crippen LogP contribution in [0.4, 0.5) is 11.4 Å². The molecule has 2 aromatic rings. The SMILES string of the molecule is CN(CC1(CO)CC1)c1c([N+](=O)[O-])c(=O)n(C)c2ccccc12. The Morgan fingerprint density at radius 2 is 2.04 bits per heavy atom. The van der Waals surface area contributed by atoms with Gasteiger partial charge in [-0.1, -0.05) is 18.2 Å². The molecule has 0 atom stereocenters. The Kier molecular flexibility index (Phi) is 3.60. The van der Waals surface area contributed by atoms with Crippen LogP contribution in [0.5, 0.6) is 0 Å². The third-order valence-corrected chi connectivity index (χ3v) is 4.68. The number of aryl methyl sites for hydroxylation is 1. The summed E-state index contributed by atoms with van der Waals surface area (Å²) in [6, 6.07) is 7.16. The molecule has 0 radical (unpaired) electrons. The van der Waals surface area contributed by atoms with Crippen molar-refractivity contribution in [2.45, 2.75) is 12.8 Å². The standard InChI is InChI=1S/C16H19N3O4/c1-17(9-16(10-20)7-8-16)13-11-5-3-4-6-12(11)18(2)15(21)14(13)19(22)23/h3-6,20H,7-10H2,1-2H3. The maximum Gasteiger partial charge on any atom is 0.357 e. The van der Waals surface area contributed by atoms with E-state index >= 15 is 0 Å². The molecule has 0 spiro atoms. The number of hydrogen-bond donors (Lipinski definition) is 1. The molecule has 1 aliphatic carbocycles. The van der Waals surface area contributed by atoms with Gasteiger partial charge in [0, 0.05) is 31.4 Å². The topological polar surface area (TPSA) is 88.6 Å². The highest BCUT2D eigenvalue weighted by atomic mass is 16.6. The number of aromatic nitrogens is 1. The van der Waals surface area contributed by atoms with Crippen molar-refractivity contribution in [3.8, 4) is 0 Å². The number of nitro groups is 1. The summed E-state index contributed by atoms with van der Waals surface area (Å²) >= 11 is 0. The zero-order valence-electron chi connectivity index (χ0n) is 13.2. The highest BCUT2D eigenvalue weighted by Gasteiger charge is 2.44. The van der Waals surface area contributed by atoms with E-state index in [-0.39, 0.29) is 12.0 Å². The van der Waals surface area contributed by atoms with Gasteiger partial charge in [-0.15, -0.1) is 0 Å². The van der Waals surface area contributed by atoms with Gasteiger partial charge in [-0.2, -0.15) is 0 Å². The summed E-state index contributed by atoms with van der Waals surface area (Å²) in [5, 5.41) is 21.7. The molecule has 1 aliphatic rings. The summed E-state index contributed by atoms with van der Waals surface area (Å²) in [4.78, 5) is 25.1. The van der Waals surface area contributed by atoms with Crippen molar-refractivity contribution < 1.29 is 10.0 Å². The minimum atomic E-state index is -0.621. The molecule has 1 fully saturated rings. The molecule has 1 aromatic carbocycles. The predicted molar refractivity (Wildman–Crippen MR) is 87.9 cm³/mol. The second kappa shape index (κ2) is 5.34. The lowest BCUT2D eigenvalue weighted by atomic mass is 10.1. The van der Waals surface area contributed by atoms with Crippen LogP contribution in [-0.2, 0) is 7.05 Å². The molecule has 1 aromatic heterocycles. The number of hydrogen-bond acceptors (Lipinski definition) is 5. The molecule has 122 valence electrons. The monoisotopic (exact) mass is 317 g/mol. The molecule has 7 nitrogen and oxygen atoms in total. The summed E-state index contributed by atoms with van der Waals surface area (Å²) in [5.74, 6) is 0. The van der Waals surface area contributed by atoms with Crippen LogP contribution in [0.3, 0.4) is 0 Å². The van der Waals surface area contributed by atoms with E-state index in [1.807, 2.05) is 0 Å². The van der Waals surface area contributed by atoms with Crippen LogP contribution in [0.1, 0.15) is 12.8 Å². The third kappa shape index (κ3) is 2.46. The van der Waals surface area contributed by atoms with Gasteiger partial charge < -0.3 is 14.6 Å². The van der Waals surface area contributed by atoms with Crippen LogP contribution in [0.15, 0.2) is 29.1 Å². The van der Waals surface area contributed by atoms with Crippen LogP contribution in [0, 0.1) is 15.5 Å². The number of para-hydroxylation sites is 1. The second-order valence-corrected chi connectivity index (χ2v) is 6.35. The number of nitrogens with zero attached hydrogens (tertiary/aromatic N) is 3. The van der Waals surface area contributed by atoms with Gasteiger partial charge in [0.2, 0.25) is 0 Å². The van der Waals surface area contributed by atoms with Gasteiger partial charge in [0.05, 0.1) is 17.0 Å². The molecule has 0 unspecified atom stereocenters. The average Bonchev–Trinajstić information content (AvgIpc) is 3.30. The summed E-state index contributed by atoms with van der Waals surface area (Å²) in [5.41, 5.74) is -0.260. The zero-order chi connectivity index (χ0) is 16.8. The van der Waals surface area contributed by atoms with Crippen molar-refractivity contribution in [3.63, 3.8) is 0 Å². The van der Waals surface area contributed by atoms with Crippen molar-refractivity contribution in [1.29, 1.82) is 0 Å². The zero-order valence-corrected chi connectivity index (χ0v) is 13.2. The molecular weight excluding hydrogens is 298 g/mol. The van der Waals surface area contributed by atoms with E-state index in [0.717, 1.165) is 12.8 Å². The fourth-order valence-corrected chi connectivity index (χ4v) is 3.14. The molecule has 1 heterocycles.